The smallest absolute Gasteiger partial charge is 0.254 e. The topological polar surface area (TPSA) is 59.2 Å². The number of carbonyl (C=O) groups is 1. The summed E-state index contributed by atoms with van der Waals surface area (Å²) in [6.45, 7) is 2.72. The maximum absolute atomic E-state index is 13.0. The number of hydrogen-bond acceptors (Lipinski definition) is 5. The molecule has 5 nitrogen and oxygen atoms in total. The number of rotatable bonds is 5. The number of amides is 1. The van der Waals surface area contributed by atoms with Gasteiger partial charge in [0.1, 0.15) is 0 Å². The minimum atomic E-state index is 0.198. The Labute approximate surface area is 158 Å². The number of carbonyl (C=O) groups excluding carboxylic acids is 1. The minimum Gasteiger partial charge on any atom is -0.338 e. The van der Waals surface area contributed by atoms with Crippen LogP contribution in [0.15, 0.2) is 33.7 Å². The van der Waals surface area contributed by atoms with Gasteiger partial charge in [0.25, 0.3) is 5.91 Å². The van der Waals surface area contributed by atoms with E-state index in [4.69, 9.17) is 4.52 Å². The second-order valence-corrected chi connectivity index (χ2v) is 8.35. The Morgan fingerprint density at radius 3 is 2.65 bits per heavy atom. The molecule has 0 bridgehead atoms. The molecule has 2 aromatic rings. The third-order valence-electron chi connectivity index (χ3n) is 5.54. The Morgan fingerprint density at radius 1 is 1.19 bits per heavy atom. The number of thioether (sulfide) groups is 1. The first-order valence-electron chi connectivity index (χ1n) is 9.54. The van der Waals surface area contributed by atoms with Gasteiger partial charge in [0, 0.05) is 23.0 Å². The van der Waals surface area contributed by atoms with E-state index in [1.54, 1.807) is 11.8 Å². The highest BCUT2D eigenvalue weighted by molar-refractivity contribution is 7.98. The summed E-state index contributed by atoms with van der Waals surface area (Å²) in [4.78, 5) is 20.4. The van der Waals surface area contributed by atoms with Gasteiger partial charge < -0.3 is 9.42 Å². The molecule has 1 saturated heterocycles. The van der Waals surface area contributed by atoms with Gasteiger partial charge in [-0.05, 0) is 62.8 Å². The summed E-state index contributed by atoms with van der Waals surface area (Å²) in [7, 11) is 0. The SMILES string of the molecule is Cc1noc(CSc2ccc(C(=O)N3CCC[C@H]3C3CCCC3)cc2)n1. The quantitative estimate of drug-likeness (QED) is 0.726. The van der Waals surface area contributed by atoms with Gasteiger partial charge in [-0.2, -0.15) is 4.98 Å². The van der Waals surface area contributed by atoms with Gasteiger partial charge in [-0.15, -0.1) is 11.8 Å². The van der Waals surface area contributed by atoms with E-state index in [1.165, 1.54) is 32.1 Å². The summed E-state index contributed by atoms with van der Waals surface area (Å²) in [5.41, 5.74) is 0.799. The van der Waals surface area contributed by atoms with E-state index in [9.17, 15) is 4.79 Å². The fourth-order valence-electron chi connectivity index (χ4n) is 4.28. The lowest BCUT2D eigenvalue weighted by atomic mass is 9.95. The van der Waals surface area contributed by atoms with Crippen LogP contribution in [0.25, 0.3) is 0 Å². The van der Waals surface area contributed by atoms with E-state index in [0.717, 1.165) is 23.4 Å². The van der Waals surface area contributed by atoms with Crippen molar-refractivity contribution in [2.24, 2.45) is 5.92 Å². The Morgan fingerprint density at radius 2 is 1.96 bits per heavy atom. The second kappa shape index (κ2) is 7.82. The average molecular weight is 372 g/mol. The molecule has 4 rings (SSSR count). The van der Waals surface area contributed by atoms with E-state index in [1.807, 2.05) is 31.2 Å². The Kier molecular flexibility index (Phi) is 5.29. The van der Waals surface area contributed by atoms with Gasteiger partial charge in [-0.1, -0.05) is 18.0 Å². The molecular formula is C20H25N3O2S. The molecule has 1 atom stereocenters. The second-order valence-electron chi connectivity index (χ2n) is 7.30. The van der Waals surface area contributed by atoms with Gasteiger partial charge in [-0.3, -0.25) is 4.79 Å². The number of likely N-dealkylation sites (tertiary alicyclic amines) is 1. The average Bonchev–Trinajstić information content (AvgIpc) is 3.40. The van der Waals surface area contributed by atoms with Crippen LogP contribution in [0.1, 0.15) is 60.6 Å². The minimum absolute atomic E-state index is 0.198. The van der Waals surface area contributed by atoms with Crippen LogP contribution in [0, 0.1) is 12.8 Å². The molecule has 0 spiro atoms. The van der Waals surface area contributed by atoms with Crippen molar-refractivity contribution < 1.29 is 9.32 Å². The van der Waals surface area contributed by atoms with E-state index in [0.29, 0.717) is 29.4 Å². The van der Waals surface area contributed by atoms with Crippen LogP contribution < -0.4 is 0 Å². The van der Waals surface area contributed by atoms with Gasteiger partial charge >= 0.3 is 0 Å². The molecule has 26 heavy (non-hydrogen) atoms. The summed E-state index contributed by atoms with van der Waals surface area (Å²) < 4.78 is 5.13. The Bertz CT molecular complexity index is 753. The van der Waals surface area contributed by atoms with Crippen LogP contribution >= 0.6 is 11.8 Å². The summed E-state index contributed by atoms with van der Waals surface area (Å²) in [6, 6.07) is 8.39. The van der Waals surface area contributed by atoms with Gasteiger partial charge in [0.05, 0.1) is 5.75 Å². The highest BCUT2D eigenvalue weighted by atomic mass is 32.2. The third-order valence-corrected chi connectivity index (χ3v) is 6.53. The van der Waals surface area contributed by atoms with Crippen LogP contribution in [0.2, 0.25) is 0 Å². The highest BCUT2D eigenvalue weighted by Crippen LogP contribution is 2.36. The lowest BCUT2D eigenvalue weighted by molar-refractivity contribution is 0.0689. The van der Waals surface area contributed by atoms with E-state index in [-0.39, 0.29) is 5.91 Å². The van der Waals surface area contributed by atoms with Crippen molar-refractivity contribution in [1.29, 1.82) is 0 Å². The fraction of sp³-hybridized carbons (Fsp3) is 0.550. The zero-order valence-electron chi connectivity index (χ0n) is 15.2. The number of hydrogen-bond donors (Lipinski definition) is 0. The summed E-state index contributed by atoms with van der Waals surface area (Å²) in [5, 5.41) is 3.80. The molecule has 2 aliphatic rings. The van der Waals surface area contributed by atoms with Crippen LogP contribution in [0.5, 0.6) is 0 Å². The lowest BCUT2D eigenvalue weighted by Gasteiger charge is -2.29. The highest BCUT2D eigenvalue weighted by Gasteiger charge is 2.36. The summed E-state index contributed by atoms with van der Waals surface area (Å²) >= 11 is 1.64. The first-order chi connectivity index (χ1) is 12.7. The number of nitrogens with zero attached hydrogens (tertiary/aromatic N) is 3. The molecule has 0 N–H and O–H groups in total. The maximum Gasteiger partial charge on any atom is 0.254 e. The van der Waals surface area contributed by atoms with Gasteiger partial charge in [0.2, 0.25) is 5.89 Å². The normalized spacial score (nSPS) is 20.8. The number of benzene rings is 1. The number of aryl methyl sites for hydroxylation is 1. The van der Waals surface area contributed by atoms with Crippen molar-refractivity contribution in [3.8, 4) is 0 Å². The summed E-state index contributed by atoms with van der Waals surface area (Å²) in [5.74, 6) is 2.84. The maximum atomic E-state index is 13.0. The standard InChI is InChI=1S/C20H25N3O2S/c1-14-21-19(25-22-14)13-26-17-10-8-16(9-11-17)20(24)23-12-4-7-18(23)15-5-2-3-6-15/h8-11,15,18H,2-7,12-13H2,1H3/t18-/m0/s1. The molecule has 1 aliphatic carbocycles. The first kappa shape index (κ1) is 17.6. The van der Waals surface area contributed by atoms with Gasteiger partial charge in [-0.25, -0.2) is 0 Å². The van der Waals surface area contributed by atoms with Crippen molar-refractivity contribution >= 4 is 17.7 Å². The van der Waals surface area contributed by atoms with Crippen molar-refractivity contribution in [3.63, 3.8) is 0 Å². The zero-order chi connectivity index (χ0) is 17.9. The largest absolute Gasteiger partial charge is 0.338 e. The predicted molar refractivity (Wildman–Crippen MR) is 101 cm³/mol. The molecule has 0 unspecified atom stereocenters. The molecule has 2 fully saturated rings. The predicted octanol–water partition coefficient (Wildman–Crippen LogP) is 4.47. The Balaban J connectivity index is 1.38. The lowest BCUT2D eigenvalue weighted by Crippen LogP contribution is -2.39. The van der Waals surface area contributed by atoms with Crippen molar-refractivity contribution in [3.05, 3.63) is 41.5 Å². The summed E-state index contributed by atoms with van der Waals surface area (Å²) in [6.07, 6.45) is 7.56. The van der Waals surface area contributed by atoms with Crippen LogP contribution in [-0.4, -0.2) is 33.5 Å². The molecule has 1 aromatic carbocycles. The monoisotopic (exact) mass is 371 g/mol. The molecule has 138 valence electrons. The van der Waals surface area contributed by atoms with Crippen molar-refractivity contribution in [2.45, 2.75) is 62.1 Å². The van der Waals surface area contributed by atoms with Crippen LogP contribution in [0.4, 0.5) is 0 Å². The molecule has 1 aliphatic heterocycles. The van der Waals surface area contributed by atoms with Crippen molar-refractivity contribution in [1.82, 2.24) is 15.0 Å². The molecule has 1 amide bonds. The van der Waals surface area contributed by atoms with E-state index in [2.05, 4.69) is 15.0 Å². The first-order valence-corrected chi connectivity index (χ1v) is 10.5. The van der Waals surface area contributed by atoms with Crippen molar-refractivity contribution in [2.75, 3.05) is 6.54 Å². The van der Waals surface area contributed by atoms with Gasteiger partial charge in [0.15, 0.2) is 5.82 Å². The molecular weight excluding hydrogens is 346 g/mol. The third kappa shape index (κ3) is 3.80. The molecule has 1 aromatic heterocycles. The molecule has 0 radical (unpaired) electrons. The number of aromatic nitrogens is 2. The Hall–Kier alpha value is -1.82. The molecule has 6 heteroatoms. The van der Waals surface area contributed by atoms with E-state index >= 15 is 0 Å². The van der Waals surface area contributed by atoms with E-state index < -0.39 is 0 Å². The zero-order valence-corrected chi connectivity index (χ0v) is 16.0. The molecule has 2 heterocycles. The van der Waals surface area contributed by atoms with Crippen LogP contribution in [0.3, 0.4) is 0 Å². The van der Waals surface area contributed by atoms with Crippen LogP contribution in [-0.2, 0) is 5.75 Å². The fourth-order valence-corrected chi connectivity index (χ4v) is 5.02. The molecule has 1 saturated carbocycles.